The van der Waals surface area contributed by atoms with E-state index in [1.807, 2.05) is 19.1 Å². The van der Waals surface area contributed by atoms with Crippen LogP contribution in [-0.2, 0) is 0 Å². The lowest BCUT2D eigenvalue weighted by Crippen LogP contribution is -1.99. The van der Waals surface area contributed by atoms with Crippen LogP contribution in [0.25, 0.3) is 0 Å². The number of benzene rings is 1. The quantitative estimate of drug-likeness (QED) is 0.415. The third-order valence-corrected chi connectivity index (χ3v) is 2.31. The van der Waals surface area contributed by atoms with E-state index in [0.29, 0.717) is 12.2 Å². The number of carbonyl (C=O) groups excluding carboxylic acids is 1. The van der Waals surface area contributed by atoms with Gasteiger partial charge in [-0.2, -0.15) is 0 Å². The second-order valence-electron chi connectivity index (χ2n) is 3.65. The molecule has 0 aliphatic rings. The first-order chi connectivity index (χ1) is 7.77. The molecule has 0 N–H and O–H groups in total. The highest BCUT2D eigenvalue weighted by Gasteiger charge is 2.00. The summed E-state index contributed by atoms with van der Waals surface area (Å²) in [6.45, 7) is 2.60. The molecule has 1 aromatic rings. The molecule has 16 heavy (non-hydrogen) atoms. The standard InChI is InChI=1S/C14H16O2/c1-3-4-5-6-9-16-14-8-7-13(11-15)10-12(14)2/h1,7-8,10-11H,4-6,9H2,2H3. The van der Waals surface area contributed by atoms with E-state index >= 15 is 0 Å². The molecule has 0 spiro atoms. The molecule has 84 valence electrons. The monoisotopic (exact) mass is 216 g/mol. The van der Waals surface area contributed by atoms with Crippen LogP contribution in [0, 0.1) is 19.3 Å². The van der Waals surface area contributed by atoms with E-state index in [1.165, 1.54) is 0 Å². The Hall–Kier alpha value is -1.75. The number of unbranched alkanes of at least 4 members (excludes halogenated alkanes) is 2. The highest BCUT2D eigenvalue weighted by molar-refractivity contribution is 5.75. The summed E-state index contributed by atoms with van der Waals surface area (Å²) in [6.07, 6.45) is 8.73. The summed E-state index contributed by atoms with van der Waals surface area (Å²) in [6, 6.07) is 5.42. The molecular weight excluding hydrogens is 200 g/mol. The number of hydrogen-bond donors (Lipinski definition) is 0. The second-order valence-corrected chi connectivity index (χ2v) is 3.65. The molecule has 2 nitrogen and oxygen atoms in total. The van der Waals surface area contributed by atoms with Gasteiger partial charge in [0.25, 0.3) is 0 Å². The maximum Gasteiger partial charge on any atom is 0.150 e. The molecule has 0 aliphatic heterocycles. The Labute approximate surface area is 96.6 Å². The van der Waals surface area contributed by atoms with Crippen molar-refractivity contribution in [2.45, 2.75) is 26.2 Å². The predicted octanol–water partition coefficient (Wildman–Crippen LogP) is 2.99. The van der Waals surface area contributed by atoms with Crippen LogP contribution in [0.3, 0.4) is 0 Å². The van der Waals surface area contributed by atoms with Gasteiger partial charge in [0.1, 0.15) is 12.0 Å². The SMILES string of the molecule is C#CCCCCOc1ccc(C=O)cc1C. The molecular formula is C14H16O2. The van der Waals surface area contributed by atoms with Crippen LogP contribution in [0.5, 0.6) is 5.75 Å². The van der Waals surface area contributed by atoms with E-state index in [2.05, 4.69) is 5.92 Å². The van der Waals surface area contributed by atoms with E-state index in [4.69, 9.17) is 11.2 Å². The maximum atomic E-state index is 10.5. The highest BCUT2D eigenvalue weighted by atomic mass is 16.5. The van der Waals surface area contributed by atoms with E-state index in [0.717, 1.165) is 36.9 Å². The van der Waals surface area contributed by atoms with Gasteiger partial charge in [-0.25, -0.2) is 0 Å². The molecule has 1 rings (SSSR count). The molecule has 0 aliphatic carbocycles. The van der Waals surface area contributed by atoms with Crippen molar-refractivity contribution < 1.29 is 9.53 Å². The predicted molar refractivity (Wildman–Crippen MR) is 64.7 cm³/mol. The third-order valence-electron chi connectivity index (χ3n) is 2.31. The lowest BCUT2D eigenvalue weighted by Gasteiger charge is -2.08. The molecule has 1 aromatic carbocycles. The van der Waals surface area contributed by atoms with Crippen LogP contribution >= 0.6 is 0 Å². The van der Waals surface area contributed by atoms with Gasteiger partial charge < -0.3 is 4.74 Å². The van der Waals surface area contributed by atoms with Crippen molar-refractivity contribution in [3.8, 4) is 18.1 Å². The average Bonchev–Trinajstić information content (AvgIpc) is 2.30. The van der Waals surface area contributed by atoms with Crippen molar-refractivity contribution in [1.29, 1.82) is 0 Å². The minimum absolute atomic E-state index is 0.670. The van der Waals surface area contributed by atoms with Crippen molar-refractivity contribution in [3.63, 3.8) is 0 Å². The highest BCUT2D eigenvalue weighted by Crippen LogP contribution is 2.18. The fraction of sp³-hybridized carbons (Fsp3) is 0.357. The molecule has 0 saturated heterocycles. The Kier molecular flexibility index (Phi) is 5.15. The van der Waals surface area contributed by atoms with Gasteiger partial charge in [-0.1, -0.05) is 0 Å². The normalized spacial score (nSPS) is 9.50. The Morgan fingerprint density at radius 1 is 1.44 bits per heavy atom. The first-order valence-electron chi connectivity index (χ1n) is 5.40. The van der Waals surface area contributed by atoms with E-state index in [9.17, 15) is 4.79 Å². The molecule has 2 heteroatoms. The van der Waals surface area contributed by atoms with Gasteiger partial charge in [-0.3, -0.25) is 4.79 Å². The lowest BCUT2D eigenvalue weighted by atomic mass is 10.1. The topological polar surface area (TPSA) is 26.3 Å². The minimum atomic E-state index is 0.670. The second kappa shape index (κ2) is 6.68. The molecule has 0 saturated carbocycles. The number of ether oxygens (including phenoxy) is 1. The van der Waals surface area contributed by atoms with Crippen molar-refractivity contribution in [2.24, 2.45) is 0 Å². The largest absolute Gasteiger partial charge is 0.493 e. The van der Waals surface area contributed by atoms with Gasteiger partial charge in [-0.15, -0.1) is 12.3 Å². The number of terminal acetylenes is 1. The molecule has 0 radical (unpaired) electrons. The van der Waals surface area contributed by atoms with Crippen molar-refractivity contribution in [2.75, 3.05) is 6.61 Å². The Morgan fingerprint density at radius 3 is 2.88 bits per heavy atom. The van der Waals surface area contributed by atoms with Crippen molar-refractivity contribution in [3.05, 3.63) is 29.3 Å². The number of aldehydes is 1. The summed E-state index contributed by atoms with van der Waals surface area (Å²) in [5.74, 6) is 3.44. The van der Waals surface area contributed by atoms with Crippen LogP contribution in [-0.4, -0.2) is 12.9 Å². The number of aryl methyl sites for hydroxylation is 1. The average molecular weight is 216 g/mol. The van der Waals surface area contributed by atoms with Gasteiger partial charge in [0, 0.05) is 12.0 Å². The smallest absolute Gasteiger partial charge is 0.150 e. The van der Waals surface area contributed by atoms with Crippen LogP contribution in [0.15, 0.2) is 18.2 Å². The van der Waals surface area contributed by atoms with Crippen LogP contribution in [0.2, 0.25) is 0 Å². The molecule has 0 unspecified atom stereocenters. The summed E-state index contributed by atoms with van der Waals surface area (Å²) in [4.78, 5) is 10.5. The molecule has 0 atom stereocenters. The Bertz CT molecular complexity index is 388. The van der Waals surface area contributed by atoms with E-state index < -0.39 is 0 Å². The first-order valence-corrected chi connectivity index (χ1v) is 5.40. The van der Waals surface area contributed by atoms with Gasteiger partial charge in [0.15, 0.2) is 0 Å². The van der Waals surface area contributed by atoms with E-state index in [1.54, 1.807) is 6.07 Å². The summed E-state index contributed by atoms with van der Waals surface area (Å²) in [5.41, 5.74) is 1.67. The zero-order valence-electron chi connectivity index (χ0n) is 9.53. The van der Waals surface area contributed by atoms with Gasteiger partial charge in [0.05, 0.1) is 6.61 Å². The summed E-state index contributed by atoms with van der Waals surface area (Å²) in [5, 5.41) is 0. The molecule has 0 bridgehead atoms. The van der Waals surface area contributed by atoms with Crippen LogP contribution < -0.4 is 4.74 Å². The number of hydrogen-bond acceptors (Lipinski definition) is 2. The summed E-state index contributed by atoms with van der Waals surface area (Å²) >= 11 is 0. The number of carbonyl (C=O) groups is 1. The third kappa shape index (κ3) is 3.78. The molecule has 0 heterocycles. The Morgan fingerprint density at radius 2 is 2.25 bits per heavy atom. The maximum absolute atomic E-state index is 10.5. The fourth-order valence-electron chi connectivity index (χ4n) is 1.42. The minimum Gasteiger partial charge on any atom is -0.493 e. The molecule has 0 amide bonds. The number of rotatable bonds is 6. The van der Waals surface area contributed by atoms with Gasteiger partial charge in [-0.05, 0) is 43.5 Å². The Balaban J connectivity index is 2.42. The van der Waals surface area contributed by atoms with Gasteiger partial charge in [0.2, 0.25) is 0 Å². The van der Waals surface area contributed by atoms with E-state index in [-0.39, 0.29) is 0 Å². The summed E-state index contributed by atoms with van der Waals surface area (Å²) < 4.78 is 5.60. The zero-order chi connectivity index (χ0) is 11.8. The van der Waals surface area contributed by atoms with Crippen LogP contribution in [0.4, 0.5) is 0 Å². The van der Waals surface area contributed by atoms with Crippen LogP contribution in [0.1, 0.15) is 35.2 Å². The molecule has 0 fully saturated rings. The summed E-state index contributed by atoms with van der Waals surface area (Å²) in [7, 11) is 0. The fourth-order valence-corrected chi connectivity index (χ4v) is 1.42. The van der Waals surface area contributed by atoms with Crippen molar-refractivity contribution >= 4 is 6.29 Å². The van der Waals surface area contributed by atoms with Crippen molar-refractivity contribution in [1.82, 2.24) is 0 Å². The zero-order valence-corrected chi connectivity index (χ0v) is 9.53. The van der Waals surface area contributed by atoms with Gasteiger partial charge >= 0.3 is 0 Å². The molecule has 0 aromatic heterocycles. The lowest BCUT2D eigenvalue weighted by molar-refractivity contribution is 0.112. The first kappa shape index (κ1) is 12.3.